The lowest BCUT2D eigenvalue weighted by molar-refractivity contribution is 0.491. The lowest BCUT2D eigenvalue weighted by Crippen LogP contribution is -2.41. The first-order chi connectivity index (χ1) is 14.0. The van der Waals surface area contributed by atoms with Gasteiger partial charge in [0.1, 0.15) is 0 Å². The van der Waals surface area contributed by atoms with Crippen LogP contribution < -0.4 is 15.4 Å². The zero-order valence-electron chi connectivity index (χ0n) is 19.2. The Hall–Kier alpha value is -1.66. The predicted molar refractivity (Wildman–Crippen MR) is 136 cm³/mol. The van der Waals surface area contributed by atoms with E-state index in [4.69, 9.17) is 0 Å². The van der Waals surface area contributed by atoms with Gasteiger partial charge in [-0.2, -0.15) is 5.10 Å². The van der Waals surface area contributed by atoms with Crippen molar-refractivity contribution in [1.82, 2.24) is 25.1 Å². The van der Waals surface area contributed by atoms with Gasteiger partial charge in [-0.15, -0.1) is 24.0 Å². The largest absolute Gasteiger partial charge is 0.356 e. The highest BCUT2D eigenvalue weighted by Crippen LogP contribution is 2.17. The molecule has 3 N–H and O–H groups in total. The van der Waals surface area contributed by atoms with Crippen LogP contribution >= 0.6 is 24.0 Å². The Morgan fingerprint density at radius 2 is 1.84 bits per heavy atom. The number of guanidine groups is 1. The zero-order chi connectivity index (χ0) is 22.4. The fourth-order valence-electron chi connectivity index (χ4n) is 3.11. The topological polar surface area (TPSA) is 100 Å². The van der Waals surface area contributed by atoms with Crippen molar-refractivity contribution in [3.8, 4) is 0 Å². The molecule has 0 aliphatic heterocycles. The van der Waals surface area contributed by atoms with Gasteiger partial charge in [0.25, 0.3) is 0 Å². The van der Waals surface area contributed by atoms with Gasteiger partial charge in [-0.3, -0.25) is 9.67 Å². The van der Waals surface area contributed by atoms with E-state index in [2.05, 4.69) is 31.5 Å². The number of hydrogen-bond donors (Lipinski definition) is 3. The molecule has 31 heavy (non-hydrogen) atoms. The summed E-state index contributed by atoms with van der Waals surface area (Å²) in [5, 5.41) is 10.9. The number of hydrogen-bond acceptors (Lipinski definition) is 4. The minimum atomic E-state index is -3.62. The Kier molecular flexibility index (Phi) is 10.4. The van der Waals surface area contributed by atoms with Crippen LogP contribution in [0.15, 0.2) is 40.2 Å². The summed E-state index contributed by atoms with van der Waals surface area (Å²) in [6.07, 6.45) is 0.892. The quantitative estimate of drug-likeness (QED) is 0.199. The number of aliphatic imine (C=N–C) groups is 1. The SMILES string of the molecule is CN=C(NCCCn1nc(C)cc1C)NCc1ccccc1S(=O)(=O)NC(C)(C)C.I. The van der Waals surface area contributed by atoms with Crippen LogP contribution in [-0.4, -0.2) is 43.3 Å². The van der Waals surface area contributed by atoms with E-state index in [9.17, 15) is 8.42 Å². The summed E-state index contributed by atoms with van der Waals surface area (Å²) in [6.45, 7) is 11.4. The van der Waals surface area contributed by atoms with Gasteiger partial charge in [0.2, 0.25) is 10.0 Å². The van der Waals surface area contributed by atoms with Crippen molar-refractivity contribution < 1.29 is 8.42 Å². The number of nitrogens with zero attached hydrogens (tertiary/aromatic N) is 3. The van der Waals surface area contributed by atoms with E-state index < -0.39 is 15.6 Å². The molecule has 0 bridgehead atoms. The third kappa shape index (κ3) is 8.77. The number of rotatable bonds is 8. The smallest absolute Gasteiger partial charge is 0.241 e. The molecule has 0 unspecified atom stereocenters. The predicted octanol–water partition coefficient (Wildman–Crippen LogP) is 2.95. The van der Waals surface area contributed by atoms with Crippen molar-refractivity contribution in [2.24, 2.45) is 4.99 Å². The number of aryl methyl sites for hydroxylation is 3. The molecular weight excluding hydrogens is 527 g/mol. The molecule has 0 saturated heterocycles. The molecule has 0 aliphatic carbocycles. The third-order valence-corrected chi connectivity index (χ3v) is 6.17. The van der Waals surface area contributed by atoms with Crippen LogP contribution in [-0.2, 0) is 23.1 Å². The molecule has 0 aliphatic rings. The van der Waals surface area contributed by atoms with Gasteiger partial charge in [-0.25, -0.2) is 13.1 Å². The number of aromatic nitrogens is 2. The van der Waals surface area contributed by atoms with Gasteiger partial charge >= 0.3 is 0 Å². The molecule has 8 nitrogen and oxygen atoms in total. The minimum absolute atomic E-state index is 0. The van der Waals surface area contributed by atoms with E-state index in [1.165, 1.54) is 0 Å². The molecule has 1 heterocycles. The molecule has 1 aromatic heterocycles. The highest BCUT2D eigenvalue weighted by atomic mass is 127. The van der Waals surface area contributed by atoms with Crippen LogP contribution in [0.3, 0.4) is 0 Å². The maximum Gasteiger partial charge on any atom is 0.241 e. The standard InChI is InChI=1S/C21H34N6O2S.HI/c1-16-14-17(2)27(25-16)13-9-12-23-20(22-6)24-15-18-10-7-8-11-19(18)30(28,29)26-21(3,4)5;/h7-8,10-11,14,26H,9,12-13,15H2,1-6H3,(H2,22,23,24);1H. The summed E-state index contributed by atoms with van der Waals surface area (Å²) in [5.41, 5.74) is 2.30. The van der Waals surface area contributed by atoms with Crippen LogP contribution in [0.4, 0.5) is 0 Å². The lowest BCUT2D eigenvalue weighted by Gasteiger charge is -2.22. The van der Waals surface area contributed by atoms with Gasteiger partial charge < -0.3 is 10.6 Å². The molecule has 0 saturated carbocycles. The summed E-state index contributed by atoms with van der Waals surface area (Å²) in [4.78, 5) is 4.50. The summed E-state index contributed by atoms with van der Waals surface area (Å²) >= 11 is 0. The van der Waals surface area contributed by atoms with Crippen molar-refractivity contribution in [2.75, 3.05) is 13.6 Å². The molecule has 0 fully saturated rings. The first-order valence-electron chi connectivity index (χ1n) is 10.1. The van der Waals surface area contributed by atoms with E-state index in [1.807, 2.05) is 45.4 Å². The molecule has 0 radical (unpaired) electrons. The van der Waals surface area contributed by atoms with E-state index in [-0.39, 0.29) is 28.9 Å². The average molecular weight is 563 g/mol. The molecule has 2 aromatic rings. The maximum atomic E-state index is 12.8. The van der Waals surface area contributed by atoms with Crippen LogP contribution in [0.1, 0.15) is 44.1 Å². The Bertz CT molecular complexity index is 980. The van der Waals surface area contributed by atoms with Gasteiger partial charge in [-0.1, -0.05) is 18.2 Å². The fraction of sp³-hybridized carbons (Fsp3) is 0.524. The molecule has 174 valence electrons. The molecule has 0 spiro atoms. The maximum absolute atomic E-state index is 12.8. The second kappa shape index (κ2) is 11.8. The van der Waals surface area contributed by atoms with E-state index in [0.29, 0.717) is 18.1 Å². The highest BCUT2D eigenvalue weighted by molar-refractivity contribution is 14.0. The van der Waals surface area contributed by atoms with Gasteiger partial charge in [0, 0.05) is 37.9 Å². The number of nitrogens with one attached hydrogen (secondary N) is 3. The molecular formula is C21H35IN6O2S. The Balaban J connectivity index is 0.00000480. The highest BCUT2D eigenvalue weighted by Gasteiger charge is 2.24. The number of benzene rings is 1. The second-order valence-corrected chi connectivity index (χ2v) is 9.97. The summed E-state index contributed by atoms with van der Waals surface area (Å²) in [6, 6.07) is 9.05. The Morgan fingerprint density at radius 1 is 1.16 bits per heavy atom. The Morgan fingerprint density at radius 3 is 2.42 bits per heavy atom. The lowest BCUT2D eigenvalue weighted by atomic mass is 10.1. The summed E-state index contributed by atoms with van der Waals surface area (Å²) in [5.74, 6) is 0.624. The van der Waals surface area contributed by atoms with Crippen LogP contribution in [0.2, 0.25) is 0 Å². The van der Waals surface area contributed by atoms with Gasteiger partial charge in [0.15, 0.2) is 5.96 Å². The van der Waals surface area contributed by atoms with Crippen LogP contribution in [0.25, 0.3) is 0 Å². The van der Waals surface area contributed by atoms with E-state index >= 15 is 0 Å². The van der Waals surface area contributed by atoms with Crippen molar-refractivity contribution in [3.05, 3.63) is 47.3 Å². The van der Waals surface area contributed by atoms with Gasteiger partial charge in [-0.05, 0) is 58.7 Å². The first kappa shape index (κ1) is 27.4. The fourth-order valence-corrected chi connectivity index (χ4v) is 4.77. The van der Waals surface area contributed by atoms with Crippen LogP contribution in [0.5, 0.6) is 0 Å². The van der Waals surface area contributed by atoms with E-state index in [0.717, 1.165) is 30.9 Å². The number of halogens is 1. The first-order valence-corrected chi connectivity index (χ1v) is 11.6. The third-order valence-electron chi connectivity index (χ3n) is 4.32. The molecule has 1 aromatic carbocycles. The minimum Gasteiger partial charge on any atom is -0.356 e. The van der Waals surface area contributed by atoms with Crippen molar-refractivity contribution in [1.29, 1.82) is 0 Å². The Labute approximate surface area is 203 Å². The second-order valence-electron chi connectivity index (χ2n) is 8.32. The van der Waals surface area contributed by atoms with Crippen molar-refractivity contribution >= 4 is 40.0 Å². The monoisotopic (exact) mass is 562 g/mol. The van der Waals surface area contributed by atoms with Crippen molar-refractivity contribution in [3.63, 3.8) is 0 Å². The summed E-state index contributed by atoms with van der Waals surface area (Å²) in [7, 11) is -1.92. The number of sulfonamides is 1. The zero-order valence-corrected chi connectivity index (χ0v) is 22.3. The van der Waals surface area contributed by atoms with Crippen LogP contribution in [0, 0.1) is 13.8 Å². The summed E-state index contributed by atoms with van der Waals surface area (Å²) < 4.78 is 30.2. The van der Waals surface area contributed by atoms with E-state index in [1.54, 1.807) is 25.2 Å². The van der Waals surface area contributed by atoms with Crippen molar-refractivity contribution in [2.45, 2.75) is 64.6 Å². The molecule has 10 heteroatoms. The molecule has 0 atom stereocenters. The molecule has 0 amide bonds. The van der Waals surface area contributed by atoms with Gasteiger partial charge in [0.05, 0.1) is 10.6 Å². The molecule has 2 rings (SSSR count). The normalized spacial score (nSPS) is 12.4. The average Bonchev–Trinajstić information content (AvgIpc) is 2.96.